The van der Waals surface area contributed by atoms with Crippen molar-refractivity contribution >= 4 is 23.2 Å². The van der Waals surface area contributed by atoms with Crippen LogP contribution in [0.3, 0.4) is 0 Å². The SMILES string of the molecule is COc1ccc(-c2n[nH]c(C(=O)Nc3ccc(OC)cc3NC(=O)C(F)(F)F)c2O)cc1. The van der Waals surface area contributed by atoms with Gasteiger partial charge in [0.25, 0.3) is 5.91 Å². The van der Waals surface area contributed by atoms with Crippen molar-refractivity contribution in [2.45, 2.75) is 6.18 Å². The number of aromatic nitrogens is 2. The molecule has 0 aliphatic rings. The number of alkyl halides is 3. The smallest absolute Gasteiger partial charge is 0.471 e. The minimum absolute atomic E-state index is 0.0816. The quantitative estimate of drug-likeness (QED) is 0.455. The zero-order valence-corrected chi connectivity index (χ0v) is 16.7. The van der Waals surface area contributed by atoms with Gasteiger partial charge >= 0.3 is 12.1 Å². The van der Waals surface area contributed by atoms with Crippen molar-refractivity contribution in [3.8, 4) is 28.5 Å². The molecule has 2 aromatic carbocycles. The van der Waals surface area contributed by atoms with E-state index in [0.717, 1.165) is 6.07 Å². The lowest BCUT2D eigenvalue weighted by Crippen LogP contribution is -2.30. The molecule has 0 atom stereocenters. The zero-order valence-electron chi connectivity index (χ0n) is 16.7. The average Bonchev–Trinajstić information content (AvgIpc) is 3.15. The van der Waals surface area contributed by atoms with Crippen LogP contribution in [-0.4, -0.2) is 47.5 Å². The predicted molar refractivity (Wildman–Crippen MR) is 108 cm³/mol. The summed E-state index contributed by atoms with van der Waals surface area (Å²) >= 11 is 0. The van der Waals surface area contributed by atoms with E-state index in [0.29, 0.717) is 11.3 Å². The number of halogens is 3. The van der Waals surface area contributed by atoms with Gasteiger partial charge in [-0.1, -0.05) is 0 Å². The molecule has 1 aromatic heterocycles. The molecule has 0 fully saturated rings. The summed E-state index contributed by atoms with van der Waals surface area (Å²) in [6, 6.07) is 10.2. The third-order valence-corrected chi connectivity index (χ3v) is 4.31. The fraction of sp³-hybridized carbons (Fsp3) is 0.150. The molecule has 0 saturated heterocycles. The first-order valence-electron chi connectivity index (χ1n) is 8.93. The first-order chi connectivity index (χ1) is 15.1. The van der Waals surface area contributed by atoms with Gasteiger partial charge in [-0.05, 0) is 36.4 Å². The molecule has 1 heterocycles. The van der Waals surface area contributed by atoms with Crippen LogP contribution >= 0.6 is 0 Å². The van der Waals surface area contributed by atoms with Gasteiger partial charge in [0.2, 0.25) is 0 Å². The van der Waals surface area contributed by atoms with Crippen LogP contribution in [0, 0.1) is 0 Å². The normalized spacial score (nSPS) is 11.0. The highest BCUT2D eigenvalue weighted by Crippen LogP contribution is 2.33. The number of hydrogen-bond acceptors (Lipinski definition) is 6. The van der Waals surface area contributed by atoms with Crippen molar-refractivity contribution < 1.29 is 37.3 Å². The molecule has 0 aliphatic heterocycles. The number of anilines is 2. The van der Waals surface area contributed by atoms with Crippen molar-refractivity contribution in [3.63, 3.8) is 0 Å². The second-order valence-electron chi connectivity index (χ2n) is 6.34. The number of carbonyl (C=O) groups is 2. The Bertz CT molecular complexity index is 1140. The first-order valence-corrected chi connectivity index (χ1v) is 8.93. The molecule has 2 amide bonds. The molecular weight excluding hydrogens is 433 g/mol. The maximum atomic E-state index is 12.7. The van der Waals surface area contributed by atoms with Crippen LogP contribution in [0.1, 0.15) is 10.5 Å². The van der Waals surface area contributed by atoms with Crippen molar-refractivity contribution in [1.82, 2.24) is 10.2 Å². The van der Waals surface area contributed by atoms with Crippen molar-refractivity contribution in [2.24, 2.45) is 0 Å². The van der Waals surface area contributed by atoms with Gasteiger partial charge in [0, 0.05) is 11.6 Å². The van der Waals surface area contributed by atoms with E-state index in [1.165, 1.54) is 26.4 Å². The number of aromatic amines is 1. The van der Waals surface area contributed by atoms with Crippen molar-refractivity contribution in [1.29, 1.82) is 0 Å². The van der Waals surface area contributed by atoms with Crippen molar-refractivity contribution in [2.75, 3.05) is 24.9 Å². The highest BCUT2D eigenvalue weighted by atomic mass is 19.4. The lowest BCUT2D eigenvalue weighted by atomic mass is 10.1. The molecule has 0 bridgehead atoms. The fourth-order valence-electron chi connectivity index (χ4n) is 2.69. The molecule has 168 valence electrons. The zero-order chi connectivity index (χ0) is 23.5. The Hall–Kier alpha value is -4.22. The molecule has 0 radical (unpaired) electrons. The topological polar surface area (TPSA) is 126 Å². The van der Waals surface area contributed by atoms with Gasteiger partial charge in [-0.15, -0.1) is 0 Å². The number of ether oxygens (including phenoxy) is 2. The molecular formula is C20H17F3N4O5. The van der Waals surface area contributed by atoms with E-state index in [4.69, 9.17) is 9.47 Å². The first kappa shape index (κ1) is 22.5. The molecule has 3 rings (SSSR count). The van der Waals surface area contributed by atoms with E-state index in [2.05, 4.69) is 15.5 Å². The van der Waals surface area contributed by atoms with Gasteiger partial charge in [0.15, 0.2) is 11.4 Å². The van der Waals surface area contributed by atoms with Crippen molar-refractivity contribution in [3.05, 3.63) is 48.2 Å². The Kier molecular flexibility index (Phi) is 6.23. The highest BCUT2D eigenvalue weighted by Gasteiger charge is 2.39. The van der Waals surface area contributed by atoms with Gasteiger partial charge < -0.3 is 25.2 Å². The van der Waals surface area contributed by atoms with Crippen LogP contribution in [0.5, 0.6) is 17.2 Å². The number of benzene rings is 2. The minimum Gasteiger partial charge on any atom is -0.504 e. The molecule has 9 nitrogen and oxygen atoms in total. The number of hydrogen-bond donors (Lipinski definition) is 4. The molecule has 0 saturated carbocycles. The Morgan fingerprint density at radius 2 is 1.59 bits per heavy atom. The van der Waals surface area contributed by atoms with Crippen LogP contribution in [0.4, 0.5) is 24.5 Å². The van der Waals surface area contributed by atoms with E-state index in [1.54, 1.807) is 29.6 Å². The number of H-pyrrole nitrogens is 1. The number of nitrogens with zero attached hydrogens (tertiary/aromatic N) is 1. The van der Waals surface area contributed by atoms with E-state index in [9.17, 15) is 27.9 Å². The fourth-order valence-corrected chi connectivity index (χ4v) is 2.69. The average molecular weight is 450 g/mol. The van der Waals surface area contributed by atoms with Crippen LogP contribution in [0.2, 0.25) is 0 Å². The summed E-state index contributed by atoms with van der Waals surface area (Å²) in [7, 11) is 2.78. The summed E-state index contributed by atoms with van der Waals surface area (Å²) in [6.07, 6.45) is -5.14. The third kappa shape index (κ3) is 4.74. The molecule has 32 heavy (non-hydrogen) atoms. The van der Waals surface area contributed by atoms with Gasteiger partial charge in [0.1, 0.15) is 17.2 Å². The van der Waals surface area contributed by atoms with Crippen LogP contribution in [0.25, 0.3) is 11.3 Å². The summed E-state index contributed by atoms with van der Waals surface area (Å²) < 4.78 is 48.0. The number of rotatable bonds is 6. The molecule has 0 spiro atoms. The van der Waals surface area contributed by atoms with E-state index < -0.39 is 23.7 Å². The van der Waals surface area contributed by atoms with Gasteiger partial charge in [-0.3, -0.25) is 14.7 Å². The number of aromatic hydroxyl groups is 1. The lowest BCUT2D eigenvalue weighted by molar-refractivity contribution is -0.167. The number of methoxy groups -OCH3 is 2. The minimum atomic E-state index is -5.14. The van der Waals surface area contributed by atoms with Crippen LogP contribution < -0.4 is 20.1 Å². The summed E-state index contributed by atoms with van der Waals surface area (Å²) in [4.78, 5) is 24.0. The Morgan fingerprint density at radius 1 is 0.969 bits per heavy atom. The third-order valence-electron chi connectivity index (χ3n) is 4.31. The molecule has 3 aromatic rings. The molecule has 12 heteroatoms. The van der Waals surface area contributed by atoms with E-state index in [1.807, 2.05) is 0 Å². The summed E-state index contributed by atoms with van der Waals surface area (Å²) in [6.45, 7) is 0. The maximum Gasteiger partial charge on any atom is 0.471 e. The van der Waals surface area contributed by atoms with E-state index >= 15 is 0 Å². The lowest BCUT2D eigenvalue weighted by Gasteiger charge is -2.14. The largest absolute Gasteiger partial charge is 0.504 e. The molecule has 0 unspecified atom stereocenters. The van der Waals surface area contributed by atoms with Crippen LogP contribution in [0.15, 0.2) is 42.5 Å². The Balaban J connectivity index is 1.87. The summed E-state index contributed by atoms with van der Waals surface area (Å²) in [5.74, 6) is -2.88. The molecule has 4 N–H and O–H groups in total. The van der Waals surface area contributed by atoms with Crippen LogP contribution in [-0.2, 0) is 4.79 Å². The monoisotopic (exact) mass is 450 g/mol. The standard InChI is InChI=1S/C20H17F3N4O5/c1-31-11-5-3-10(4-6-11)15-17(28)16(27-26-15)18(29)24-13-8-7-12(32-2)9-14(13)25-19(30)20(21,22)23/h3-9,28H,1-2H3,(H,24,29)(H,25,30)(H,26,27). The number of nitrogens with one attached hydrogen (secondary N) is 3. The summed E-state index contributed by atoms with van der Waals surface area (Å²) in [5.41, 5.74) is -0.276. The second-order valence-corrected chi connectivity index (χ2v) is 6.34. The maximum absolute atomic E-state index is 12.7. The summed E-state index contributed by atoms with van der Waals surface area (Å²) in [5, 5.41) is 20.8. The number of amides is 2. The highest BCUT2D eigenvalue weighted by molar-refractivity contribution is 6.09. The van der Waals surface area contributed by atoms with Gasteiger partial charge in [-0.2, -0.15) is 18.3 Å². The predicted octanol–water partition coefficient (Wildman–Crippen LogP) is 3.55. The number of carbonyl (C=O) groups excluding carboxylic acids is 2. The Morgan fingerprint density at radius 3 is 2.19 bits per heavy atom. The van der Waals surface area contributed by atoms with Gasteiger partial charge in [0.05, 0.1) is 25.6 Å². The Labute approximate surface area is 179 Å². The van der Waals surface area contributed by atoms with E-state index in [-0.39, 0.29) is 28.5 Å². The second kappa shape index (κ2) is 8.88. The van der Waals surface area contributed by atoms with Gasteiger partial charge in [-0.25, -0.2) is 0 Å². The molecule has 0 aliphatic carbocycles.